The summed E-state index contributed by atoms with van der Waals surface area (Å²) in [4.78, 5) is 19.1. The Morgan fingerprint density at radius 3 is 2.41 bits per heavy atom. The number of amides is 1. The van der Waals surface area contributed by atoms with Crippen molar-refractivity contribution in [2.45, 2.75) is 20.4 Å². The Balaban J connectivity index is 1.63. The van der Waals surface area contributed by atoms with Crippen LogP contribution in [0.4, 0.5) is 10.1 Å². The fraction of sp³-hybridized carbons (Fsp3) is 0.115. The monoisotopic (exact) mass is 426 g/mol. The van der Waals surface area contributed by atoms with Crippen molar-refractivity contribution in [2.75, 3.05) is 4.90 Å². The Labute approximate surface area is 186 Å². The molecular weight excluding hydrogens is 403 g/mol. The van der Waals surface area contributed by atoms with Gasteiger partial charge in [0.1, 0.15) is 5.82 Å². The third-order valence-electron chi connectivity index (χ3n) is 5.19. The van der Waals surface area contributed by atoms with Gasteiger partial charge in [-0.25, -0.2) is 9.07 Å². The Kier molecular flexibility index (Phi) is 6.22. The fourth-order valence-corrected chi connectivity index (χ4v) is 3.53. The van der Waals surface area contributed by atoms with Gasteiger partial charge < -0.3 is 4.90 Å². The summed E-state index contributed by atoms with van der Waals surface area (Å²) < 4.78 is 15.3. The number of pyridine rings is 1. The van der Waals surface area contributed by atoms with Gasteiger partial charge in [0.2, 0.25) is 0 Å². The van der Waals surface area contributed by atoms with Gasteiger partial charge >= 0.3 is 0 Å². The average molecular weight is 426 g/mol. The molecule has 0 aliphatic rings. The summed E-state index contributed by atoms with van der Waals surface area (Å²) in [5.74, 6) is -0.581. The van der Waals surface area contributed by atoms with Crippen LogP contribution >= 0.6 is 0 Å². The molecule has 4 rings (SSSR count). The molecule has 160 valence electrons. The summed E-state index contributed by atoms with van der Waals surface area (Å²) in [7, 11) is 0. The van der Waals surface area contributed by atoms with Crippen molar-refractivity contribution in [1.82, 2.24) is 14.8 Å². The quantitative estimate of drug-likeness (QED) is 0.395. The van der Waals surface area contributed by atoms with Crippen LogP contribution in [0.15, 0.2) is 85.1 Å². The standard InChI is InChI=1S/C26H23FN4O/c1-19-25(20(2)31(29-19)24-9-4-3-5-10-24)15-16-26(32)30(18-22-8-6-7-17-28-22)23-13-11-21(27)12-14-23/h3-17H,18H2,1-2H3/b16-15+. The lowest BCUT2D eigenvalue weighted by Crippen LogP contribution is -2.29. The lowest BCUT2D eigenvalue weighted by molar-refractivity contribution is -0.114. The molecule has 2 heterocycles. The number of halogens is 1. The van der Waals surface area contributed by atoms with Gasteiger partial charge in [-0.05, 0) is 68.5 Å². The van der Waals surface area contributed by atoms with E-state index in [4.69, 9.17) is 0 Å². The fourth-order valence-electron chi connectivity index (χ4n) is 3.53. The topological polar surface area (TPSA) is 51.0 Å². The van der Waals surface area contributed by atoms with Gasteiger partial charge in [0.15, 0.2) is 0 Å². The Morgan fingerprint density at radius 2 is 1.72 bits per heavy atom. The van der Waals surface area contributed by atoms with Crippen LogP contribution in [0.25, 0.3) is 11.8 Å². The van der Waals surface area contributed by atoms with E-state index in [0.29, 0.717) is 5.69 Å². The van der Waals surface area contributed by atoms with E-state index in [2.05, 4.69) is 10.1 Å². The molecule has 5 nitrogen and oxygen atoms in total. The minimum atomic E-state index is -0.353. The molecule has 4 aromatic rings. The first-order valence-electron chi connectivity index (χ1n) is 10.3. The van der Waals surface area contributed by atoms with Gasteiger partial charge in [-0.15, -0.1) is 0 Å². The van der Waals surface area contributed by atoms with Crippen LogP contribution in [0.5, 0.6) is 0 Å². The van der Waals surface area contributed by atoms with E-state index in [9.17, 15) is 9.18 Å². The van der Waals surface area contributed by atoms with E-state index in [1.54, 1.807) is 29.3 Å². The first kappa shape index (κ1) is 21.2. The van der Waals surface area contributed by atoms with Crippen LogP contribution in [0.3, 0.4) is 0 Å². The number of hydrogen-bond acceptors (Lipinski definition) is 3. The highest BCUT2D eigenvalue weighted by Crippen LogP contribution is 2.21. The number of benzene rings is 2. The minimum absolute atomic E-state index is 0.228. The second-order valence-corrected chi connectivity index (χ2v) is 7.39. The maximum atomic E-state index is 13.4. The molecule has 2 aromatic carbocycles. The molecule has 0 saturated carbocycles. The lowest BCUT2D eigenvalue weighted by Gasteiger charge is -2.21. The first-order valence-corrected chi connectivity index (χ1v) is 10.3. The van der Waals surface area contributed by atoms with E-state index in [0.717, 1.165) is 28.3 Å². The molecule has 0 aliphatic heterocycles. The highest BCUT2D eigenvalue weighted by molar-refractivity contribution is 6.03. The van der Waals surface area contributed by atoms with Crippen molar-refractivity contribution in [2.24, 2.45) is 0 Å². The summed E-state index contributed by atoms with van der Waals surface area (Å²) in [6.45, 7) is 4.17. The zero-order valence-corrected chi connectivity index (χ0v) is 17.9. The second-order valence-electron chi connectivity index (χ2n) is 7.39. The summed E-state index contributed by atoms with van der Waals surface area (Å²) in [6, 6.07) is 21.3. The minimum Gasteiger partial charge on any atom is -0.303 e. The molecular formula is C26H23FN4O. The molecule has 0 atom stereocenters. The molecule has 0 aliphatic carbocycles. The smallest absolute Gasteiger partial charge is 0.251 e. The summed E-state index contributed by atoms with van der Waals surface area (Å²) in [5, 5.41) is 4.63. The van der Waals surface area contributed by atoms with E-state index in [1.165, 1.54) is 18.2 Å². The highest BCUT2D eigenvalue weighted by Gasteiger charge is 2.16. The molecule has 6 heteroatoms. The van der Waals surface area contributed by atoms with Crippen molar-refractivity contribution >= 4 is 17.7 Å². The maximum absolute atomic E-state index is 13.4. The SMILES string of the molecule is Cc1nn(-c2ccccc2)c(C)c1/C=C/C(=O)N(Cc1ccccn1)c1ccc(F)cc1. The van der Waals surface area contributed by atoms with Crippen LogP contribution in [-0.4, -0.2) is 20.7 Å². The van der Waals surface area contributed by atoms with E-state index in [-0.39, 0.29) is 18.3 Å². The van der Waals surface area contributed by atoms with E-state index in [1.807, 2.05) is 67.1 Å². The number of anilines is 1. The van der Waals surface area contributed by atoms with Crippen LogP contribution in [0, 0.1) is 19.7 Å². The summed E-state index contributed by atoms with van der Waals surface area (Å²) in [6.07, 6.45) is 5.00. The molecule has 0 spiro atoms. The molecule has 1 amide bonds. The Bertz CT molecular complexity index is 1230. The van der Waals surface area contributed by atoms with Crippen LogP contribution in [-0.2, 0) is 11.3 Å². The average Bonchev–Trinajstić information content (AvgIpc) is 3.11. The van der Waals surface area contributed by atoms with E-state index >= 15 is 0 Å². The highest BCUT2D eigenvalue weighted by atomic mass is 19.1. The van der Waals surface area contributed by atoms with Gasteiger partial charge in [0, 0.05) is 29.2 Å². The molecule has 0 N–H and O–H groups in total. The zero-order chi connectivity index (χ0) is 22.5. The predicted molar refractivity (Wildman–Crippen MR) is 124 cm³/mol. The largest absolute Gasteiger partial charge is 0.303 e. The Hall–Kier alpha value is -4.06. The molecule has 0 bridgehead atoms. The lowest BCUT2D eigenvalue weighted by atomic mass is 10.1. The third-order valence-corrected chi connectivity index (χ3v) is 5.19. The van der Waals surface area contributed by atoms with Crippen molar-refractivity contribution < 1.29 is 9.18 Å². The van der Waals surface area contributed by atoms with Gasteiger partial charge in [0.05, 0.1) is 23.6 Å². The number of aryl methyl sites for hydroxylation is 1. The first-order chi connectivity index (χ1) is 15.5. The van der Waals surface area contributed by atoms with Crippen LogP contribution < -0.4 is 4.90 Å². The van der Waals surface area contributed by atoms with Crippen LogP contribution in [0.1, 0.15) is 22.6 Å². The number of carbonyl (C=O) groups excluding carboxylic acids is 1. The number of rotatable bonds is 6. The summed E-state index contributed by atoms with van der Waals surface area (Å²) in [5.41, 5.74) is 4.95. The van der Waals surface area contributed by atoms with Crippen molar-refractivity contribution in [3.8, 4) is 5.69 Å². The molecule has 0 unspecified atom stereocenters. The molecule has 2 aromatic heterocycles. The number of nitrogens with zero attached hydrogens (tertiary/aromatic N) is 4. The van der Waals surface area contributed by atoms with Gasteiger partial charge in [0.25, 0.3) is 5.91 Å². The molecule has 0 saturated heterocycles. The predicted octanol–water partition coefficient (Wildman–Crippen LogP) is 5.27. The molecule has 0 fully saturated rings. The van der Waals surface area contributed by atoms with Gasteiger partial charge in [-0.2, -0.15) is 5.10 Å². The normalized spacial score (nSPS) is 11.1. The zero-order valence-electron chi connectivity index (χ0n) is 17.9. The van der Waals surface area contributed by atoms with Crippen molar-refractivity contribution in [3.05, 3.63) is 114 Å². The second kappa shape index (κ2) is 9.39. The summed E-state index contributed by atoms with van der Waals surface area (Å²) >= 11 is 0. The molecule has 0 radical (unpaired) electrons. The van der Waals surface area contributed by atoms with E-state index < -0.39 is 0 Å². The third kappa shape index (κ3) is 4.64. The van der Waals surface area contributed by atoms with Crippen LogP contribution in [0.2, 0.25) is 0 Å². The number of aromatic nitrogens is 3. The number of para-hydroxylation sites is 1. The van der Waals surface area contributed by atoms with Gasteiger partial charge in [-0.1, -0.05) is 24.3 Å². The number of carbonyl (C=O) groups is 1. The maximum Gasteiger partial charge on any atom is 0.251 e. The number of hydrogen-bond donors (Lipinski definition) is 0. The Morgan fingerprint density at radius 1 is 1.00 bits per heavy atom. The van der Waals surface area contributed by atoms with Crippen molar-refractivity contribution in [1.29, 1.82) is 0 Å². The van der Waals surface area contributed by atoms with Crippen molar-refractivity contribution in [3.63, 3.8) is 0 Å². The van der Waals surface area contributed by atoms with Gasteiger partial charge in [-0.3, -0.25) is 9.78 Å². The molecule has 32 heavy (non-hydrogen) atoms.